The van der Waals surface area contributed by atoms with E-state index in [1.54, 1.807) is 31.2 Å². The predicted molar refractivity (Wildman–Crippen MR) is 218 cm³/mol. The lowest BCUT2D eigenvalue weighted by atomic mass is 9.99. The number of carboxylic acids is 1. The number of nitrogens with one attached hydrogen (secondary N) is 5. The first kappa shape index (κ1) is 41.8. The summed E-state index contributed by atoms with van der Waals surface area (Å²) in [5, 5.41) is 25.6. The summed E-state index contributed by atoms with van der Waals surface area (Å²) in [5.41, 5.74) is 9.35. The highest BCUT2D eigenvalue weighted by Gasteiger charge is 2.32. The van der Waals surface area contributed by atoms with Gasteiger partial charge in [0.25, 0.3) is 0 Å². The number of carbonyl (C=O) groups is 6. The molecule has 4 aromatic rings. The number of nitrogens with two attached hydrogens (primary N) is 1. The van der Waals surface area contributed by atoms with E-state index in [2.05, 4.69) is 31.6 Å². The summed E-state index contributed by atoms with van der Waals surface area (Å²) in [5.74, 6) is -3.99. The molecular weight excluding hydrogens is 747 g/mol. The third-order valence-corrected chi connectivity index (χ3v) is 10.2. The minimum atomic E-state index is -1.36. The van der Waals surface area contributed by atoms with E-state index in [-0.39, 0.29) is 45.1 Å². The summed E-state index contributed by atoms with van der Waals surface area (Å²) in [7, 11) is 0. The van der Waals surface area contributed by atoms with Gasteiger partial charge in [-0.15, -0.1) is 11.3 Å². The van der Waals surface area contributed by atoms with Gasteiger partial charge in [0.05, 0.1) is 5.84 Å². The highest BCUT2D eigenvalue weighted by Crippen LogP contribution is 2.20. The monoisotopic (exact) mass is 793 g/mol. The molecule has 0 radical (unpaired) electrons. The lowest BCUT2D eigenvalue weighted by Crippen LogP contribution is -2.58. The van der Waals surface area contributed by atoms with Crippen LogP contribution in [-0.2, 0) is 48.0 Å². The normalized spacial score (nSPS) is 20.3. The zero-order valence-electron chi connectivity index (χ0n) is 31.5. The van der Waals surface area contributed by atoms with Crippen molar-refractivity contribution in [3.63, 3.8) is 0 Å². The average molecular weight is 794 g/mol. The Morgan fingerprint density at radius 1 is 0.737 bits per heavy atom. The molecule has 0 fully saturated rings. The molecular formula is C42H47N7O7S. The zero-order chi connectivity index (χ0) is 40.7. The Balaban J connectivity index is 1.48. The van der Waals surface area contributed by atoms with Gasteiger partial charge < -0.3 is 37.4 Å². The molecule has 3 aromatic carbocycles. The van der Waals surface area contributed by atoms with Crippen LogP contribution >= 0.6 is 11.3 Å². The van der Waals surface area contributed by atoms with Crippen LogP contribution in [0.5, 0.6) is 0 Å². The lowest BCUT2D eigenvalue weighted by Gasteiger charge is -2.26. The topological polar surface area (TPSA) is 221 Å². The molecule has 0 spiro atoms. The number of hydrogen-bond donors (Lipinski definition) is 7. The summed E-state index contributed by atoms with van der Waals surface area (Å²) >= 11 is 1.40. The third-order valence-electron chi connectivity index (χ3n) is 9.29. The maximum atomic E-state index is 14.3. The van der Waals surface area contributed by atoms with Crippen LogP contribution in [0.1, 0.15) is 48.6 Å². The molecule has 2 aliphatic rings. The quantitative estimate of drug-likeness (QED) is 0.0545. The number of benzene rings is 3. The molecule has 0 aliphatic carbocycles. The van der Waals surface area contributed by atoms with Crippen LogP contribution in [0.3, 0.4) is 0 Å². The largest absolute Gasteiger partial charge is 0.480 e. The number of rotatable bonds is 10. The molecule has 1 aromatic heterocycles. The Labute approximate surface area is 334 Å². The van der Waals surface area contributed by atoms with Gasteiger partial charge in [-0.1, -0.05) is 72.8 Å². The number of aliphatic carboxylic acids is 1. The number of carbonyl (C=O) groups excluding carboxylic acids is 5. The van der Waals surface area contributed by atoms with Crippen LogP contribution in [0.4, 0.5) is 5.69 Å². The van der Waals surface area contributed by atoms with Crippen molar-refractivity contribution in [1.29, 1.82) is 0 Å². The van der Waals surface area contributed by atoms with Gasteiger partial charge in [0, 0.05) is 49.2 Å². The molecule has 0 saturated carbocycles. The molecule has 2 bridgehead atoms. The molecule has 4 atom stereocenters. The Hall–Kier alpha value is -6.35. The van der Waals surface area contributed by atoms with Gasteiger partial charge in [-0.3, -0.25) is 29.0 Å². The number of fused-ring (bicyclic) bond motifs is 18. The van der Waals surface area contributed by atoms with Crippen LogP contribution in [0.25, 0.3) is 11.1 Å². The second-order valence-electron chi connectivity index (χ2n) is 13.8. The Morgan fingerprint density at radius 3 is 2.02 bits per heavy atom. The van der Waals surface area contributed by atoms with Crippen LogP contribution in [0.15, 0.2) is 101 Å². The summed E-state index contributed by atoms with van der Waals surface area (Å²) in [6.07, 6.45) is 0.0793. The highest BCUT2D eigenvalue weighted by atomic mass is 32.1. The van der Waals surface area contributed by atoms with E-state index in [1.165, 1.54) is 11.3 Å². The van der Waals surface area contributed by atoms with Gasteiger partial charge in [0.2, 0.25) is 29.5 Å². The number of anilines is 1. The van der Waals surface area contributed by atoms with Crippen molar-refractivity contribution in [3.8, 4) is 11.1 Å². The molecule has 3 heterocycles. The number of nitrogens with zero attached hydrogens (tertiary/aromatic N) is 1. The minimum absolute atomic E-state index is 0.0189. The Kier molecular flexibility index (Phi) is 15.1. The first-order valence-corrected chi connectivity index (χ1v) is 19.6. The Bertz CT molecular complexity index is 2030. The Morgan fingerprint density at radius 2 is 1.37 bits per heavy atom. The second kappa shape index (κ2) is 20.5. The summed E-state index contributed by atoms with van der Waals surface area (Å²) in [6, 6.07) is 22.4. The fourth-order valence-electron chi connectivity index (χ4n) is 6.26. The lowest BCUT2D eigenvalue weighted by molar-refractivity contribution is -0.142. The SMILES string of the molecule is CC(N)=NCCC[C@H]1NC(=O)[C@H](Cc2ccc(-c3ccccc3)cc2)NC(=O)[C@@H](Cc2cccs2)NC(=O)CCC(=O)Nc2ccc(cc2)CC(C(=O)O)NC1=O. The summed E-state index contributed by atoms with van der Waals surface area (Å²) in [6.45, 7) is 1.88. The van der Waals surface area contributed by atoms with Crippen molar-refractivity contribution in [1.82, 2.24) is 21.3 Å². The van der Waals surface area contributed by atoms with Gasteiger partial charge in [-0.2, -0.15) is 0 Å². The standard InChI is InChI=1S/C42H47N7O7S/c1-26(43)44-21-5-10-33-39(52)49-36(42(55)56)24-28-13-17-31(18-14-28)45-37(50)19-20-38(51)46-35(25-32-9-6-22-57-32)41(54)48-34(40(53)47-33)23-27-11-15-30(16-12-27)29-7-3-2-4-8-29/h2-4,6-9,11-18,22,33-36H,5,10,19-21,23-25H2,1H3,(H2,43,44)(H,45,50)(H,46,51)(H,47,53)(H,48,54)(H,49,52)(H,55,56)/t33-,34+,35-,36?/m1/s1. The van der Waals surface area contributed by atoms with E-state index in [4.69, 9.17) is 5.73 Å². The minimum Gasteiger partial charge on any atom is -0.480 e. The van der Waals surface area contributed by atoms with Crippen molar-refractivity contribution in [2.24, 2.45) is 10.7 Å². The molecule has 0 saturated heterocycles. The summed E-state index contributed by atoms with van der Waals surface area (Å²) < 4.78 is 0. The van der Waals surface area contributed by atoms with Gasteiger partial charge in [-0.05, 0) is 65.6 Å². The molecule has 6 rings (SSSR count). The van der Waals surface area contributed by atoms with Crippen molar-refractivity contribution < 1.29 is 33.9 Å². The molecule has 8 N–H and O–H groups in total. The van der Waals surface area contributed by atoms with E-state index < -0.39 is 59.7 Å². The van der Waals surface area contributed by atoms with E-state index >= 15 is 0 Å². The van der Waals surface area contributed by atoms with Crippen LogP contribution in [-0.4, -0.2) is 77.2 Å². The summed E-state index contributed by atoms with van der Waals surface area (Å²) in [4.78, 5) is 85.6. The third kappa shape index (κ3) is 13.1. The van der Waals surface area contributed by atoms with Crippen molar-refractivity contribution >= 4 is 58.4 Å². The number of carboxylic acid groups (broad SMARTS) is 1. The van der Waals surface area contributed by atoms with Crippen LogP contribution in [0, 0.1) is 0 Å². The number of amidine groups is 1. The molecule has 2 aliphatic heterocycles. The number of thiophene rings is 1. The fraction of sp³-hybridized carbons (Fsp3) is 0.310. The van der Waals surface area contributed by atoms with E-state index in [1.807, 2.05) is 72.1 Å². The number of amides is 5. The van der Waals surface area contributed by atoms with E-state index in [9.17, 15) is 33.9 Å². The van der Waals surface area contributed by atoms with Crippen molar-refractivity contribution in [3.05, 3.63) is 112 Å². The van der Waals surface area contributed by atoms with Gasteiger partial charge in [-0.25, -0.2) is 4.79 Å². The molecule has 15 heteroatoms. The predicted octanol–water partition coefficient (Wildman–Crippen LogP) is 3.36. The van der Waals surface area contributed by atoms with Crippen molar-refractivity contribution in [2.45, 2.75) is 76.0 Å². The first-order chi connectivity index (χ1) is 27.4. The molecule has 14 nitrogen and oxygen atoms in total. The fourth-order valence-corrected chi connectivity index (χ4v) is 7.01. The maximum Gasteiger partial charge on any atom is 0.326 e. The smallest absolute Gasteiger partial charge is 0.326 e. The van der Waals surface area contributed by atoms with Gasteiger partial charge >= 0.3 is 5.97 Å². The van der Waals surface area contributed by atoms with Gasteiger partial charge in [0.15, 0.2) is 0 Å². The number of aliphatic imine (C=N–C) groups is 1. The van der Waals surface area contributed by atoms with Crippen LogP contribution < -0.4 is 32.3 Å². The molecule has 57 heavy (non-hydrogen) atoms. The van der Waals surface area contributed by atoms with E-state index in [0.717, 1.165) is 16.0 Å². The number of hydrogen-bond acceptors (Lipinski definition) is 8. The second-order valence-corrected chi connectivity index (χ2v) is 14.8. The highest BCUT2D eigenvalue weighted by molar-refractivity contribution is 7.09. The first-order valence-electron chi connectivity index (χ1n) is 18.7. The molecule has 5 amide bonds. The maximum absolute atomic E-state index is 14.3. The average Bonchev–Trinajstić information content (AvgIpc) is 3.71. The van der Waals surface area contributed by atoms with E-state index in [0.29, 0.717) is 29.1 Å². The van der Waals surface area contributed by atoms with Crippen molar-refractivity contribution in [2.75, 3.05) is 11.9 Å². The molecule has 1 unspecified atom stereocenters. The molecule has 298 valence electrons. The van der Waals surface area contributed by atoms with Gasteiger partial charge in [0.1, 0.15) is 24.2 Å². The zero-order valence-corrected chi connectivity index (χ0v) is 32.3. The van der Waals surface area contributed by atoms with Crippen LogP contribution in [0.2, 0.25) is 0 Å².